The van der Waals surface area contributed by atoms with Crippen molar-refractivity contribution in [3.05, 3.63) is 12.2 Å². The summed E-state index contributed by atoms with van der Waals surface area (Å²) in [5.74, 6) is -0.378. The lowest BCUT2D eigenvalue weighted by Gasteiger charge is -2.40. The molecule has 0 aromatic rings. The first-order chi connectivity index (χ1) is 7.22. The lowest BCUT2D eigenvalue weighted by molar-refractivity contribution is -0.229. The van der Waals surface area contributed by atoms with E-state index in [1.807, 2.05) is 18.2 Å². The molecular weight excluding hydrogens is 194 g/mol. The molecule has 0 aromatic carbocycles. The van der Waals surface area contributed by atoms with Crippen LogP contribution in [0.3, 0.4) is 0 Å². The molecule has 0 radical (unpaired) electrons. The predicted octanol–water partition coefficient (Wildman–Crippen LogP) is 0.655. The fourth-order valence-corrected chi connectivity index (χ4v) is 1.84. The van der Waals surface area contributed by atoms with Crippen LogP contribution in [0, 0.1) is 22.7 Å². The quantitative estimate of drug-likeness (QED) is 0.540. The van der Waals surface area contributed by atoms with Gasteiger partial charge >= 0.3 is 5.97 Å². The topological polar surface area (TPSA) is 77.1 Å². The third kappa shape index (κ3) is 1.38. The van der Waals surface area contributed by atoms with Crippen LogP contribution < -0.4 is 0 Å². The molecule has 15 heavy (non-hydrogen) atoms. The van der Waals surface area contributed by atoms with Gasteiger partial charge in [0, 0.05) is 12.8 Å². The fourth-order valence-electron chi connectivity index (χ4n) is 1.84. The van der Waals surface area contributed by atoms with Gasteiger partial charge in [-0.2, -0.15) is 10.5 Å². The smallest absolute Gasteiger partial charge is 0.325 e. The van der Waals surface area contributed by atoms with E-state index in [2.05, 4.69) is 0 Å². The van der Waals surface area contributed by atoms with Gasteiger partial charge in [-0.3, -0.25) is 4.79 Å². The second kappa shape index (κ2) is 3.38. The number of carbonyl (C=O) groups is 1. The highest BCUT2D eigenvalue weighted by atomic mass is 16.7. The molecule has 0 aromatic heterocycles. The Bertz CT molecular complexity index is 388. The summed E-state index contributed by atoms with van der Waals surface area (Å²) in [5, 5.41) is 19.3. The summed E-state index contributed by atoms with van der Waals surface area (Å²) in [6.45, 7) is 0. The van der Waals surface area contributed by atoms with Gasteiger partial charge in [0.15, 0.2) is 0 Å². The van der Waals surface area contributed by atoms with Gasteiger partial charge in [-0.05, 0) is 6.42 Å². The number of hydrogen-bond donors (Lipinski definition) is 0. The summed E-state index contributed by atoms with van der Waals surface area (Å²) in [4.78, 5) is 16.1. The van der Waals surface area contributed by atoms with Crippen LogP contribution in [0.15, 0.2) is 12.2 Å². The van der Waals surface area contributed by atoms with E-state index >= 15 is 0 Å². The molecule has 1 atom stereocenters. The van der Waals surface area contributed by atoms with Crippen LogP contribution in [0.2, 0.25) is 0 Å². The van der Waals surface area contributed by atoms with Gasteiger partial charge in [-0.25, -0.2) is 0 Å². The monoisotopic (exact) mass is 203 g/mol. The highest BCUT2D eigenvalue weighted by Crippen LogP contribution is 2.32. The van der Waals surface area contributed by atoms with Gasteiger partial charge < -0.3 is 4.84 Å². The summed E-state index contributed by atoms with van der Waals surface area (Å²) in [6.07, 6.45) is 4.87. The summed E-state index contributed by atoms with van der Waals surface area (Å²) in [6, 6.07) is 3.70. The van der Waals surface area contributed by atoms with Crippen molar-refractivity contribution in [1.29, 1.82) is 10.5 Å². The van der Waals surface area contributed by atoms with Gasteiger partial charge in [0.25, 0.3) is 0 Å². The number of carbonyl (C=O) groups excluding carboxylic acids is 1. The van der Waals surface area contributed by atoms with Crippen LogP contribution in [0.1, 0.15) is 19.3 Å². The van der Waals surface area contributed by atoms with Crippen LogP contribution in [0.5, 0.6) is 0 Å². The van der Waals surface area contributed by atoms with E-state index in [9.17, 15) is 4.79 Å². The summed E-state index contributed by atoms with van der Waals surface area (Å²) >= 11 is 0. The minimum Gasteiger partial charge on any atom is -0.365 e. The Labute approximate surface area is 87.1 Å². The number of hydrogen-bond acceptors (Lipinski definition) is 5. The number of hydroxylamine groups is 2. The number of nitriles is 2. The van der Waals surface area contributed by atoms with E-state index in [1.54, 1.807) is 6.08 Å². The first kappa shape index (κ1) is 9.70. The van der Waals surface area contributed by atoms with E-state index in [0.29, 0.717) is 12.8 Å². The highest BCUT2D eigenvalue weighted by molar-refractivity contribution is 5.70. The minimum atomic E-state index is -1.35. The van der Waals surface area contributed by atoms with Crippen LogP contribution in [-0.2, 0) is 9.63 Å². The number of nitrogens with zero attached hydrogens (tertiary/aromatic N) is 3. The van der Waals surface area contributed by atoms with Crippen molar-refractivity contribution < 1.29 is 9.63 Å². The molecule has 2 aliphatic heterocycles. The van der Waals surface area contributed by atoms with Crippen molar-refractivity contribution in [3.63, 3.8) is 0 Å². The fraction of sp³-hybridized carbons (Fsp3) is 0.500. The van der Waals surface area contributed by atoms with Crippen LogP contribution in [0.4, 0.5) is 0 Å². The highest BCUT2D eigenvalue weighted by Gasteiger charge is 2.47. The van der Waals surface area contributed by atoms with Crippen molar-refractivity contribution in [3.8, 4) is 12.1 Å². The van der Waals surface area contributed by atoms with Crippen molar-refractivity contribution in [1.82, 2.24) is 5.06 Å². The Hall–Kier alpha value is -1.85. The van der Waals surface area contributed by atoms with E-state index in [4.69, 9.17) is 15.4 Å². The molecule has 0 aliphatic carbocycles. The normalized spacial score (nSPS) is 28.4. The lowest BCUT2D eigenvalue weighted by atomic mass is 9.90. The molecule has 0 N–H and O–H groups in total. The first-order valence-electron chi connectivity index (χ1n) is 4.71. The average Bonchev–Trinajstić information content (AvgIpc) is 2.28. The second-order valence-corrected chi connectivity index (χ2v) is 3.61. The maximum absolute atomic E-state index is 11.1. The van der Waals surface area contributed by atoms with E-state index < -0.39 is 5.54 Å². The Kier molecular flexibility index (Phi) is 2.18. The number of rotatable bonds is 0. The van der Waals surface area contributed by atoms with E-state index in [1.165, 1.54) is 5.06 Å². The molecule has 5 heteroatoms. The lowest BCUT2D eigenvalue weighted by Crippen LogP contribution is -2.56. The van der Waals surface area contributed by atoms with Crippen molar-refractivity contribution in [2.45, 2.75) is 30.8 Å². The Morgan fingerprint density at radius 2 is 2.27 bits per heavy atom. The molecule has 0 spiro atoms. The molecule has 1 saturated heterocycles. The van der Waals surface area contributed by atoms with Crippen molar-refractivity contribution >= 4 is 5.97 Å². The zero-order chi connectivity index (χ0) is 10.9. The van der Waals surface area contributed by atoms with Crippen molar-refractivity contribution in [2.75, 3.05) is 0 Å². The maximum atomic E-state index is 11.1. The largest absolute Gasteiger partial charge is 0.365 e. The van der Waals surface area contributed by atoms with Crippen molar-refractivity contribution in [2.24, 2.45) is 0 Å². The molecule has 0 unspecified atom stereocenters. The summed E-state index contributed by atoms with van der Waals surface area (Å²) < 4.78 is 0. The van der Waals surface area contributed by atoms with Crippen LogP contribution >= 0.6 is 0 Å². The van der Waals surface area contributed by atoms with E-state index in [0.717, 1.165) is 0 Å². The molecule has 76 valence electrons. The Balaban J connectivity index is 2.36. The Morgan fingerprint density at radius 1 is 1.53 bits per heavy atom. The van der Waals surface area contributed by atoms with Gasteiger partial charge in [-0.1, -0.05) is 17.2 Å². The molecule has 0 bridgehead atoms. The second-order valence-electron chi connectivity index (χ2n) is 3.61. The average molecular weight is 203 g/mol. The molecule has 2 rings (SSSR count). The molecule has 0 amide bonds. The SMILES string of the molecule is N#CC1(C#N)CC=C[C@H]2CCC(=O)ON21. The Morgan fingerprint density at radius 3 is 2.93 bits per heavy atom. The third-order valence-electron chi connectivity index (χ3n) is 2.66. The molecule has 2 heterocycles. The van der Waals surface area contributed by atoms with Gasteiger partial charge in [0.1, 0.15) is 12.1 Å². The molecule has 2 aliphatic rings. The third-order valence-corrected chi connectivity index (χ3v) is 2.66. The minimum absolute atomic E-state index is 0.143. The van der Waals surface area contributed by atoms with Gasteiger partial charge in [-0.15, -0.1) is 0 Å². The molecule has 1 fully saturated rings. The standard InChI is InChI=1S/C10H9N3O2/c11-6-10(7-12)5-1-2-8-3-4-9(14)15-13(8)10/h1-2,8H,3-5H2/t8-/m0/s1. The number of fused-ring (bicyclic) bond motifs is 1. The van der Waals surface area contributed by atoms with E-state index in [-0.39, 0.29) is 18.4 Å². The van der Waals surface area contributed by atoms with Gasteiger partial charge in [0.05, 0.1) is 6.04 Å². The van der Waals surface area contributed by atoms with Crippen LogP contribution in [-0.4, -0.2) is 22.6 Å². The summed E-state index contributed by atoms with van der Waals surface area (Å²) in [7, 11) is 0. The van der Waals surface area contributed by atoms with Gasteiger partial charge in [0.2, 0.25) is 5.54 Å². The predicted molar refractivity (Wildman–Crippen MR) is 48.7 cm³/mol. The molecule has 0 saturated carbocycles. The van der Waals surface area contributed by atoms with Crippen LogP contribution in [0.25, 0.3) is 0 Å². The zero-order valence-corrected chi connectivity index (χ0v) is 8.01. The molecule has 5 nitrogen and oxygen atoms in total. The molecular formula is C10H9N3O2. The summed E-state index contributed by atoms with van der Waals surface area (Å²) in [5.41, 5.74) is -1.35. The maximum Gasteiger partial charge on any atom is 0.325 e. The zero-order valence-electron chi connectivity index (χ0n) is 8.01. The first-order valence-corrected chi connectivity index (χ1v) is 4.71.